The number of hydrogen-bond acceptors (Lipinski definition) is 4. The summed E-state index contributed by atoms with van der Waals surface area (Å²) in [5.41, 5.74) is 1.03. The monoisotopic (exact) mass is 319 g/mol. The molecule has 0 fully saturated rings. The van der Waals surface area contributed by atoms with Crippen molar-refractivity contribution in [3.63, 3.8) is 0 Å². The molecule has 0 unspecified atom stereocenters. The van der Waals surface area contributed by atoms with Gasteiger partial charge in [0.05, 0.1) is 6.61 Å². The highest BCUT2D eigenvalue weighted by atomic mass is 79.9. The van der Waals surface area contributed by atoms with Crippen LogP contribution in [0.4, 0.5) is 0 Å². The summed E-state index contributed by atoms with van der Waals surface area (Å²) in [5.74, 6) is 0. The Morgan fingerprint density at radius 1 is 1.56 bits per heavy atom. The van der Waals surface area contributed by atoms with Crippen LogP contribution in [-0.4, -0.2) is 22.2 Å². The summed E-state index contributed by atoms with van der Waals surface area (Å²) in [5, 5.41) is 0. The summed E-state index contributed by atoms with van der Waals surface area (Å²) in [7, 11) is 0. The van der Waals surface area contributed by atoms with Crippen LogP contribution in [0.15, 0.2) is 22.9 Å². The second-order valence-corrected chi connectivity index (χ2v) is 6.34. The normalized spacial score (nSPS) is 11.2. The number of aromatic nitrogens is 1. The van der Waals surface area contributed by atoms with Crippen molar-refractivity contribution in [2.45, 2.75) is 19.3 Å². The van der Waals surface area contributed by atoms with E-state index in [0.29, 0.717) is 11.0 Å². The number of thioether (sulfide) groups is 1. The van der Waals surface area contributed by atoms with Gasteiger partial charge in [-0.05, 0) is 46.0 Å². The first-order valence-electron chi connectivity index (χ1n) is 4.77. The molecule has 1 aromatic rings. The largest absolute Gasteiger partial charge is 0.478 e. The first kappa shape index (κ1) is 13.9. The van der Waals surface area contributed by atoms with Crippen LogP contribution in [0.5, 0.6) is 0 Å². The molecule has 1 rings (SSSR count). The molecule has 0 spiro atoms. The molecule has 1 heterocycles. The highest BCUT2D eigenvalue weighted by Crippen LogP contribution is 2.25. The SMILES string of the molecule is CSC(=S)OCC(C)(C)c1cncc(Br)c1. The van der Waals surface area contributed by atoms with E-state index < -0.39 is 0 Å². The fourth-order valence-corrected chi connectivity index (χ4v) is 1.76. The number of pyridine rings is 1. The van der Waals surface area contributed by atoms with E-state index in [0.717, 1.165) is 10.0 Å². The van der Waals surface area contributed by atoms with Crippen LogP contribution < -0.4 is 0 Å². The van der Waals surface area contributed by atoms with E-state index in [1.165, 1.54) is 11.8 Å². The Hall–Kier alpha value is -0.130. The van der Waals surface area contributed by atoms with Crippen molar-refractivity contribution >= 4 is 44.3 Å². The fourth-order valence-electron chi connectivity index (χ4n) is 1.16. The number of halogens is 1. The van der Waals surface area contributed by atoms with Crippen LogP contribution in [0.1, 0.15) is 19.4 Å². The Balaban J connectivity index is 2.73. The third-order valence-electron chi connectivity index (χ3n) is 2.20. The van der Waals surface area contributed by atoms with Crippen LogP contribution >= 0.6 is 39.9 Å². The number of ether oxygens (including phenoxy) is 1. The van der Waals surface area contributed by atoms with Gasteiger partial charge in [-0.3, -0.25) is 4.98 Å². The molecule has 0 bridgehead atoms. The summed E-state index contributed by atoms with van der Waals surface area (Å²) in [6.07, 6.45) is 5.54. The van der Waals surface area contributed by atoms with E-state index in [-0.39, 0.29) is 5.41 Å². The third kappa shape index (κ3) is 4.03. The molecule has 0 saturated heterocycles. The van der Waals surface area contributed by atoms with Crippen molar-refractivity contribution in [3.05, 3.63) is 28.5 Å². The summed E-state index contributed by atoms with van der Waals surface area (Å²) in [6.45, 7) is 4.78. The van der Waals surface area contributed by atoms with Crippen LogP contribution in [0.2, 0.25) is 0 Å². The molecule has 2 nitrogen and oxygen atoms in total. The third-order valence-corrected chi connectivity index (χ3v) is 3.71. The zero-order chi connectivity index (χ0) is 12.2. The minimum atomic E-state index is -0.101. The van der Waals surface area contributed by atoms with Gasteiger partial charge in [0.15, 0.2) is 0 Å². The smallest absolute Gasteiger partial charge is 0.219 e. The number of rotatable bonds is 3. The highest BCUT2D eigenvalue weighted by molar-refractivity contribution is 9.10. The second kappa shape index (κ2) is 5.98. The molecule has 1 aromatic heterocycles. The van der Waals surface area contributed by atoms with E-state index in [1.54, 1.807) is 6.20 Å². The van der Waals surface area contributed by atoms with Crippen molar-refractivity contribution in [2.75, 3.05) is 12.9 Å². The van der Waals surface area contributed by atoms with Gasteiger partial charge in [-0.2, -0.15) is 0 Å². The lowest BCUT2D eigenvalue weighted by Gasteiger charge is -2.24. The molecule has 0 aromatic carbocycles. The van der Waals surface area contributed by atoms with Gasteiger partial charge in [0.2, 0.25) is 4.38 Å². The molecule has 0 N–H and O–H groups in total. The predicted octanol–water partition coefficient (Wildman–Crippen LogP) is 3.79. The molecular weight excluding hydrogens is 306 g/mol. The van der Waals surface area contributed by atoms with E-state index in [2.05, 4.69) is 40.8 Å². The maximum atomic E-state index is 5.50. The van der Waals surface area contributed by atoms with Crippen LogP contribution in [0.25, 0.3) is 0 Å². The van der Waals surface area contributed by atoms with Crippen molar-refractivity contribution in [1.29, 1.82) is 0 Å². The molecule has 88 valence electrons. The average molecular weight is 320 g/mol. The van der Waals surface area contributed by atoms with Gasteiger partial charge >= 0.3 is 0 Å². The van der Waals surface area contributed by atoms with E-state index >= 15 is 0 Å². The molecule has 0 radical (unpaired) electrons. The minimum absolute atomic E-state index is 0.101. The molecule has 0 aliphatic carbocycles. The van der Waals surface area contributed by atoms with E-state index in [1.807, 2.05) is 12.5 Å². The van der Waals surface area contributed by atoms with Crippen molar-refractivity contribution in [1.82, 2.24) is 4.98 Å². The van der Waals surface area contributed by atoms with Crippen molar-refractivity contribution in [2.24, 2.45) is 0 Å². The van der Waals surface area contributed by atoms with Crippen molar-refractivity contribution in [3.8, 4) is 0 Å². The Morgan fingerprint density at radius 2 is 2.25 bits per heavy atom. The van der Waals surface area contributed by atoms with Gasteiger partial charge < -0.3 is 4.74 Å². The van der Waals surface area contributed by atoms with Gasteiger partial charge in [-0.25, -0.2) is 0 Å². The average Bonchev–Trinajstić information content (AvgIpc) is 2.26. The molecule has 0 aliphatic heterocycles. The zero-order valence-electron chi connectivity index (χ0n) is 9.49. The van der Waals surface area contributed by atoms with Gasteiger partial charge in [0.1, 0.15) is 0 Å². The number of thiocarbonyl (C=S) groups is 1. The first-order chi connectivity index (χ1) is 7.45. The quantitative estimate of drug-likeness (QED) is 0.790. The molecular formula is C11H14BrNOS2. The predicted molar refractivity (Wildman–Crippen MR) is 77.0 cm³/mol. The Morgan fingerprint density at radius 3 is 2.81 bits per heavy atom. The summed E-state index contributed by atoms with van der Waals surface area (Å²) < 4.78 is 7.06. The highest BCUT2D eigenvalue weighted by Gasteiger charge is 2.22. The molecule has 0 amide bonds. The maximum Gasteiger partial charge on any atom is 0.219 e. The number of hydrogen-bond donors (Lipinski definition) is 0. The first-order valence-corrected chi connectivity index (χ1v) is 7.20. The molecule has 5 heteroatoms. The second-order valence-electron chi connectivity index (χ2n) is 4.02. The standard InChI is InChI=1S/C11H14BrNOS2/c1-11(2,7-14-10(15)16-3)8-4-9(12)6-13-5-8/h4-6H,7H2,1-3H3. The van der Waals surface area contributed by atoms with Crippen molar-refractivity contribution < 1.29 is 4.74 Å². The maximum absolute atomic E-state index is 5.50. The summed E-state index contributed by atoms with van der Waals surface area (Å²) in [4.78, 5) is 4.16. The van der Waals surface area contributed by atoms with E-state index in [4.69, 9.17) is 17.0 Å². The summed E-state index contributed by atoms with van der Waals surface area (Å²) >= 11 is 9.88. The van der Waals surface area contributed by atoms with Crippen LogP contribution in [0.3, 0.4) is 0 Å². The Labute approximate surface area is 114 Å². The Bertz CT molecular complexity index is 382. The topological polar surface area (TPSA) is 22.1 Å². The summed E-state index contributed by atoms with van der Waals surface area (Å²) in [6, 6.07) is 2.05. The van der Waals surface area contributed by atoms with Gasteiger partial charge in [-0.15, -0.1) is 0 Å². The van der Waals surface area contributed by atoms with Gasteiger partial charge in [-0.1, -0.05) is 25.6 Å². The number of nitrogens with zero attached hydrogens (tertiary/aromatic N) is 1. The lowest BCUT2D eigenvalue weighted by molar-refractivity contribution is 0.241. The Kier molecular flexibility index (Phi) is 5.21. The fraction of sp³-hybridized carbons (Fsp3) is 0.455. The molecule has 0 aliphatic rings. The van der Waals surface area contributed by atoms with Crippen LogP contribution in [-0.2, 0) is 10.2 Å². The van der Waals surface area contributed by atoms with Gasteiger partial charge in [0.25, 0.3) is 0 Å². The molecule has 16 heavy (non-hydrogen) atoms. The van der Waals surface area contributed by atoms with Crippen LogP contribution in [0, 0.1) is 0 Å². The van der Waals surface area contributed by atoms with Gasteiger partial charge in [0, 0.05) is 22.3 Å². The minimum Gasteiger partial charge on any atom is -0.478 e. The lowest BCUT2D eigenvalue weighted by Crippen LogP contribution is -2.25. The van der Waals surface area contributed by atoms with E-state index in [9.17, 15) is 0 Å². The lowest BCUT2D eigenvalue weighted by atomic mass is 9.87. The molecule has 0 atom stereocenters. The zero-order valence-corrected chi connectivity index (χ0v) is 12.7. The molecule has 0 saturated carbocycles.